The molecule has 3 nitrogen and oxygen atoms in total. The average molecular weight is 192 g/mol. The van der Waals surface area contributed by atoms with E-state index >= 15 is 0 Å². The van der Waals surface area contributed by atoms with E-state index in [4.69, 9.17) is 9.47 Å². The van der Waals surface area contributed by atoms with Crippen molar-refractivity contribution in [3.63, 3.8) is 0 Å². The number of hydrogen-bond acceptors (Lipinski definition) is 2. The maximum absolute atomic E-state index is 5.61. The van der Waals surface area contributed by atoms with Crippen LogP contribution in [-0.4, -0.2) is 26.8 Å². The van der Waals surface area contributed by atoms with E-state index in [1.807, 2.05) is 24.3 Å². The predicted molar refractivity (Wildman–Crippen MR) is 53.8 cm³/mol. The van der Waals surface area contributed by atoms with Gasteiger partial charge in [0.05, 0.1) is 13.7 Å². The van der Waals surface area contributed by atoms with Crippen molar-refractivity contribution < 1.29 is 9.47 Å². The molecule has 0 atom stereocenters. The predicted octanol–water partition coefficient (Wildman–Crippen LogP) is 1.31. The maximum atomic E-state index is 5.61. The van der Waals surface area contributed by atoms with Crippen LogP contribution in [0.2, 0.25) is 0 Å². The van der Waals surface area contributed by atoms with Crippen molar-refractivity contribution >= 4 is 0 Å². The smallest absolute Gasteiger partial charge is 0.123 e. The molecule has 1 aliphatic rings. The second-order valence-electron chi connectivity index (χ2n) is 3.44. The Morgan fingerprint density at radius 3 is 2.79 bits per heavy atom. The summed E-state index contributed by atoms with van der Waals surface area (Å²) in [7, 11) is 1.66. The molecule has 0 bridgehead atoms. The molecule has 1 heterocycles. The first-order valence-electron chi connectivity index (χ1n) is 4.78. The Balaban J connectivity index is 1.87. The Bertz CT molecular complexity index is 297. The summed E-state index contributed by atoms with van der Waals surface area (Å²) in [6.45, 7) is 2.66. The SMILES string of the molecule is COc1cccc(OCC2C[N]C2)c1. The first-order valence-corrected chi connectivity index (χ1v) is 4.78. The van der Waals surface area contributed by atoms with Crippen molar-refractivity contribution in [3.8, 4) is 11.5 Å². The molecule has 1 radical (unpaired) electrons. The lowest BCUT2D eigenvalue weighted by molar-refractivity contribution is 0.195. The molecule has 2 rings (SSSR count). The van der Waals surface area contributed by atoms with E-state index in [2.05, 4.69) is 5.32 Å². The molecule has 75 valence electrons. The summed E-state index contributed by atoms with van der Waals surface area (Å²) in [4.78, 5) is 0. The largest absolute Gasteiger partial charge is 0.497 e. The van der Waals surface area contributed by atoms with Gasteiger partial charge in [-0.1, -0.05) is 6.07 Å². The molecular weight excluding hydrogens is 178 g/mol. The van der Waals surface area contributed by atoms with Crippen LogP contribution >= 0.6 is 0 Å². The Kier molecular flexibility index (Phi) is 2.89. The Morgan fingerprint density at radius 2 is 2.14 bits per heavy atom. The highest BCUT2D eigenvalue weighted by Crippen LogP contribution is 2.19. The van der Waals surface area contributed by atoms with Crippen molar-refractivity contribution in [2.24, 2.45) is 5.92 Å². The molecule has 14 heavy (non-hydrogen) atoms. The third kappa shape index (κ3) is 2.17. The standard InChI is InChI=1S/C11H14NO2/c1-13-10-3-2-4-11(5-10)14-8-9-6-12-7-9/h2-5,9H,6-8H2,1H3. The lowest BCUT2D eigenvalue weighted by Crippen LogP contribution is -2.39. The van der Waals surface area contributed by atoms with Crippen LogP contribution in [0.5, 0.6) is 11.5 Å². The summed E-state index contributed by atoms with van der Waals surface area (Å²) < 4.78 is 10.7. The third-order valence-corrected chi connectivity index (χ3v) is 2.30. The molecular formula is C11H14NO2. The van der Waals surface area contributed by atoms with Gasteiger partial charge < -0.3 is 9.47 Å². The van der Waals surface area contributed by atoms with Crippen molar-refractivity contribution in [2.75, 3.05) is 26.8 Å². The molecule has 1 fully saturated rings. The molecule has 0 saturated carbocycles. The highest BCUT2D eigenvalue weighted by atomic mass is 16.5. The van der Waals surface area contributed by atoms with Gasteiger partial charge >= 0.3 is 0 Å². The topological polar surface area (TPSA) is 32.6 Å². The Morgan fingerprint density at radius 1 is 1.36 bits per heavy atom. The van der Waals surface area contributed by atoms with Crippen molar-refractivity contribution in [3.05, 3.63) is 24.3 Å². The van der Waals surface area contributed by atoms with Gasteiger partial charge in [-0.25, -0.2) is 5.32 Å². The molecule has 1 aliphatic heterocycles. The van der Waals surface area contributed by atoms with Gasteiger partial charge in [0.1, 0.15) is 11.5 Å². The number of benzene rings is 1. The van der Waals surface area contributed by atoms with E-state index in [0.717, 1.165) is 31.2 Å². The van der Waals surface area contributed by atoms with Gasteiger partial charge in [0.2, 0.25) is 0 Å². The zero-order chi connectivity index (χ0) is 9.80. The summed E-state index contributed by atoms with van der Waals surface area (Å²) in [5.74, 6) is 2.32. The number of hydrogen-bond donors (Lipinski definition) is 0. The van der Waals surface area contributed by atoms with Crippen LogP contribution in [-0.2, 0) is 0 Å². The van der Waals surface area contributed by atoms with Crippen LogP contribution in [0.15, 0.2) is 24.3 Å². The maximum Gasteiger partial charge on any atom is 0.123 e. The van der Waals surface area contributed by atoms with Gasteiger partial charge in [-0.05, 0) is 12.1 Å². The summed E-state index contributed by atoms with van der Waals surface area (Å²) in [6, 6.07) is 7.68. The van der Waals surface area contributed by atoms with Gasteiger partial charge in [-0.2, -0.15) is 0 Å². The van der Waals surface area contributed by atoms with E-state index < -0.39 is 0 Å². The first-order chi connectivity index (χ1) is 6.88. The molecule has 0 aliphatic carbocycles. The fourth-order valence-electron chi connectivity index (χ4n) is 1.32. The minimum Gasteiger partial charge on any atom is -0.497 e. The van der Waals surface area contributed by atoms with Crippen molar-refractivity contribution in [1.82, 2.24) is 5.32 Å². The second-order valence-corrected chi connectivity index (χ2v) is 3.44. The fourth-order valence-corrected chi connectivity index (χ4v) is 1.32. The molecule has 3 heteroatoms. The van der Waals surface area contributed by atoms with Crippen LogP contribution < -0.4 is 14.8 Å². The molecule has 1 aromatic rings. The third-order valence-electron chi connectivity index (χ3n) is 2.30. The number of nitrogens with zero attached hydrogens (tertiary/aromatic N) is 1. The van der Waals surface area contributed by atoms with Crippen molar-refractivity contribution in [2.45, 2.75) is 0 Å². The molecule has 0 unspecified atom stereocenters. The first kappa shape index (κ1) is 9.34. The van der Waals surface area contributed by atoms with E-state index in [1.165, 1.54) is 0 Å². The summed E-state index contributed by atoms with van der Waals surface area (Å²) in [6.07, 6.45) is 0. The summed E-state index contributed by atoms with van der Waals surface area (Å²) in [5.41, 5.74) is 0. The van der Waals surface area contributed by atoms with Crippen LogP contribution in [0.3, 0.4) is 0 Å². The Hall–Kier alpha value is -1.22. The number of methoxy groups -OCH3 is 1. The minimum atomic E-state index is 0.612. The zero-order valence-corrected chi connectivity index (χ0v) is 8.27. The van der Waals surface area contributed by atoms with Crippen LogP contribution in [0.1, 0.15) is 0 Å². The highest BCUT2D eigenvalue weighted by Gasteiger charge is 2.18. The molecule has 0 amide bonds. The van der Waals surface area contributed by atoms with Crippen LogP contribution in [0.4, 0.5) is 0 Å². The van der Waals surface area contributed by atoms with E-state index in [9.17, 15) is 0 Å². The lowest BCUT2D eigenvalue weighted by Gasteiger charge is -2.24. The quantitative estimate of drug-likeness (QED) is 0.720. The Labute approximate surface area is 84.0 Å². The second kappa shape index (κ2) is 4.33. The van der Waals surface area contributed by atoms with Crippen LogP contribution in [0.25, 0.3) is 0 Å². The molecule has 1 aromatic carbocycles. The molecule has 0 aromatic heterocycles. The zero-order valence-electron chi connectivity index (χ0n) is 8.27. The van der Waals surface area contributed by atoms with Gasteiger partial charge in [0.15, 0.2) is 0 Å². The summed E-state index contributed by atoms with van der Waals surface area (Å²) >= 11 is 0. The van der Waals surface area contributed by atoms with Crippen LogP contribution in [0, 0.1) is 5.92 Å². The molecule has 0 N–H and O–H groups in total. The number of ether oxygens (including phenoxy) is 2. The average Bonchev–Trinajstić information content (AvgIpc) is 2.16. The van der Waals surface area contributed by atoms with E-state index in [-0.39, 0.29) is 0 Å². The summed E-state index contributed by atoms with van der Waals surface area (Å²) in [5, 5.41) is 4.14. The van der Waals surface area contributed by atoms with Gasteiger partial charge in [0.25, 0.3) is 0 Å². The molecule has 1 saturated heterocycles. The van der Waals surface area contributed by atoms with Crippen molar-refractivity contribution in [1.29, 1.82) is 0 Å². The van der Waals surface area contributed by atoms with Gasteiger partial charge in [-0.3, -0.25) is 0 Å². The monoisotopic (exact) mass is 192 g/mol. The minimum absolute atomic E-state index is 0.612. The number of rotatable bonds is 4. The molecule has 0 spiro atoms. The van der Waals surface area contributed by atoms with E-state index in [0.29, 0.717) is 5.92 Å². The van der Waals surface area contributed by atoms with Gasteiger partial charge in [-0.15, -0.1) is 0 Å². The van der Waals surface area contributed by atoms with E-state index in [1.54, 1.807) is 7.11 Å². The highest BCUT2D eigenvalue weighted by molar-refractivity contribution is 5.32. The normalized spacial score (nSPS) is 16.1. The van der Waals surface area contributed by atoms with Gasteiger partial charge in [0, 0.05) is 25.1 Å². The lowest BCUT2D eigenvalue weighted by atomic mass is 10.1. The fraction of sp³-hybridized carbons (Fsp3) is 0.455.